The molecule has 0 fully saturated rings. The van der Waals surface area contributed by atoms with Crippen molar-refractivity contribution in [2.45, 2.75) is 20.8 Å². The largest absolute Gasteiger partial charge is 0.482 e. The lowest BCUT2D eigenvalue weighted by Crippen LogP contribution is -2.14. The summed E-state index contributed by atoms with van der Waals surface area (Å²) in [5, 5.41) is 10.1. The summed E-state index contributed by atoms with van der Waals surface area (Å²) < 4.78 is 16.5. The lowest BCUT2D eigenvalue weighted by Gasteiger charge is -2.05. The molecular weight excluding hydrogens is 452 g/mol. The van der Waals surface area contributed by atoms with Crippen LogP contribution >= 0.6 is 0 Å². The van der Waals surface area contributed by atoms with E-state index in [2.05, 4.69) is 11.1 Å². The van der Waals surface area contributed by atoms with Crippen LogP contribution in [0.3, 0.4) is 0 Å². The number of carbonyl (C=O) groups excluding carboxylic acids is 1. The maximum atomic E-state index is 11.5. The van der Waals surface area contributed by atoms with E-state index in [1.807, 2.05) is 62.4 Å². The Morgan fingerprint density at radius 3 is 2.14 bits per heavy atom. The molecule has 0 saturated carbocycles. The van der Waals surface area contributed by atoms with Gasteiger partial charge in [0.1, 0.15) is 23.1 Å². The first-order valence-corrected chi connectivity index (χ1v) is 11.6. The zero-order valence-electron chi connectivity index (χ0n) is 20.4. The fourth-order valence-electron chi connectivity index (χ4n) is 3.65. The predicted octanol–water partition coefficient (Wildman–Crippen LogP) is 6.79. The van der Waals surface area contributed by atoms with E-state index in [0.717, 1.165) is 33.4 Å². The molecule has 0 aliphatic rings. The van der Waals surface area contributed by atoms with E-state index in [9.17, 15) is 10.1 Å². The van der Waals surface area contributed by atoms with Gasteiger partial charge in [0.25, 0.3) is 0 Å². The number of benzene rings is 3. The highest BCUT2D eigenvalue weighted by Crippen LogP contribution is 2.42. The average Bonchev–Trinajstić information content (AvgIpc) is 3.26. The Morgan fingerprint density at radius 1 is 0.944 bits per heavy atom. The van der Waals surface area contributed by atoms with E-state index in [-0.39, 0.29) is 12.5 Å². The third-order valence-corrected chi connectivity index (χ3v) is 5.53. The molecule has 0 aliphatic carbocycles. The van der Waals surface area contributed by atoms with Crippen LogP contribution in [0.4, 0.5) is 5.88 Å². The second kappa shape index (κ2) is 11.2. The minimum Gasteiger partial charge on any atom is -0.482 e. The van der Waals surface area contributed by atoms with Crippen molar-refractivity contribution < 1.29 is 18.7 Å². The number of ether oxygens (including phenoxy) is 2. The number of aliphatic imine (C=N–C) groups is 1. The summed E-state index contributed by atoms with van der Waals surface area (Å²) in [5.74, 6) is 0.967. The van der Waals surface area contributed by atoms with Crippen molar-refractivity contribution in [3.63, 3.8) is 0 Å². The van der Waals surface area contributed by atoms with Crippen LogP contribution < -0.4 is 4.74 Å². The summed E-state index contributed by atoms with van der Waals surface area (Å²) in [6, 6.07) is 25.4. The van der Waals surface area contributed by atoms with Crippen LogP contribution in [0.15, 0.2) is 82.2 Å². The number of aryl methyl sites for hydroxylation is 2. The minimum absolute atomic E-state index is 0.150. The third-order valence-electron chi connectivity index (χ3n) is 5.53. The second-order valence-corrected chi connectivity index (χ2v) is 8.25. The molecule has 0 radical (unpaired) electrons. The van der Waals surface area contributed by atoms with Gasteiger partial charge in [-0.3, -0.25) is 0 Å². The van der Waals surface area contributed by atoms with Crippen LogP contribution in [0.2, 0.25) is 0 Å². The molecule has 6 heteroatoms. The van der Waals surface area contributed by atoms with Crippen molar-refractivity contribution >= 4 is 18.1 Å². The van der Waals surface area contributed by atoms with Crippen LogP contribution in [-0.2, 0) is 9.53 Å². The fourth-order valence-corrected chi connectivity index (χ4v) is 3.65. The normalized spacial score (nSPS) is 10.8. The lowest BCUT2D eigenvalue weighted by atomic mass is 9.97. The van der Waals surface area contributed by atoms with E-state index in [1.54, 1.807) is 37.4 Å². The Kier molecular flexibility index (Phi) is 7.62. The molecule has 4 aromatic rings. The third kappa shape index (κ3) is 5.70. The first kappa shape index (κ1) is 24.5. The predicted molar refractivity (Wildman–Crippen MR) is 140 cm³/mol. The van der Waals surface area contributed by atoms with Gasteiger partial charge in [-0.1, -0.05) is 59.7 Å². The van der Waals surface area contributed by atoms with E-state index < -0.39 is 5.97 Å². The van der Waals surface area contributed by atoms with Crippen molar-refractivity contribution in [3.8, 4) is 34.3 Å². The van der Waals surface area contributed by atoms with E-state index >= 15 is 0 Å². The van der Waals surface area contributed by atoms with Crippen LogP contribution in [-0.4, -0.2) is 25.4 Å². The summed E-state index contributed by atoms with van der Waals surface area (Å²) in [6.45, 7) is 5.95. The summed E-state index contributed by atoms with van der Waals surface area (Å²) >= 11 is 0. The molecule has 6 nitrogen and oxygen atoms in total. The first-order chi connectivity index (χ1) is 17.5. The molecule has 0 bridgehead atoms. The summed E-state index contributed by atoms with van der Waals surface area (Å²) in [4.78, 5) is 16.0. The fraction of sp³-hybridized carbons (Fsp3) is 0.167. The maximum Gasteiger partial charge on any atom is 0.344 e. The van der Waals surface area contributed by atoms with Crippen LogP contribution in [0.1, 0.15) is 29.2 Å². The van der Waals surface area contributed by atoms with Crippen molar-refractivity contribution in [1.82, 2.24) is 0 Å². The van der Waals surface area contributed by atoms with Gasteiger partial charge in [0, 0.05) is 17.3 Å². The number of furan rings is 1. The number of nitrogens with zero attached hydrogens (tertiary/aromatic N) is 2. The maximum absolute atomic E-state index is 11.5. The Bertz CT molecular complexity index is 1410. The number of hydrogen-bond donors (Lipinski definition) is 0. The average molecular weight is 479 g/mol. The molecule has 0 aliphatic heterocycles. The second-order valence-electron chi connectivity index (χ2n) is 8.25. The number of carbonyl (C=O) groups is 1. The summed E-state index contributed by atoms with van der Waals surface area (Å²) in [6.07, 6.45) is 1.63. The van der Waals surface area contributed by atoms with Gasteiger partial charge in [-0.15, -0.1) is 0 Å². The Morgan fingerprint density at radius 2 is 1.56 bits per heavy atom. The molecule has 3 aromatic carbocycles. The van der Waals surface area contributed by atoms with Crippen molar-refractivity contribution in [1.29, 1.82) is 5.26 Å². The first-order valence-electron chi connectivity index (χ1n) is 11.6. The molecule has 1 aromatic heterocycles. The molecule has 4 rings (SSSR count). The molecule has 0 spiro atoms. The summed E-state index contributed by atoms with van der Waals surface area (Å²) in [5.41, 5.74) is 5.91. The van der Waals surface area contributed by atoms with Gasteiger partial charge in [-0.25, -0.2) is 9.79 Å². The summed E-state index contributed by atoms with van der Waals surface area (Å²) in [7, 11) is 0. The number of hydrogen-bond acceptors (Lipinski definition) is 6. The van der Waals surface area contributed by atoms with E-state index in [4.69, 9.17) is 13.9 Å². The highest BCUT2D eigenvalue weighted by molar-refractivity contribution is 5.90. The lowest BCUT2D eigenvalue weighted by molar-refractivity contribution is -0.145. The topological polar surface area (TPSA) is 84.8 Å². The van der Waals surface area contributed by atoms with Gasteiger partial charge < -0.3 is 13.9 Å². The van der Waals surface area contributed by atoms with Crippen LogP contribution in [0.5, 0.6) is 5.75 Å². The number of esters is 1. The monoisotopic (exact) mass is 478 g/mol. The quantitative estimate of drug-likeness (QED) is 0.205. The highest BCUT2D eigenvalue weighted by Gasteiger charge is 2.22. The molecular formula is C30H26N2O4. The molecule has 0 saturated heterocycles. The van der Waals surface area contributed by atoms with E-state index in [1.165, 1.54) is 0 Å². The molecule has 180 valence electrons. The van der Waals surface area contributed by atoms with Crippen molar-refractivity contribution in [3.05, 3.63) is 95.1 Å². The minimum atomic E-state index is -0.418. The van der Waals surface area contributed by atoms with Crippen molar-refractivity contribution in [2.24, 2.45) is 4.99 Å². The van der Waals surface area contributed by atoms with Gasteiger partial charge >= 0.3 is 5.97 Å². The van der Waals surface area contributed by atoms with Gasteiger partial charge in [0.2, 0.25) is 5.88 Å². The molecule has 0 amide bonds. The Balaban J connectivity index is 1.66. The van der Waals surface area contributed by atoms with Crippen LogP contribution in [0, 0.1) is 25.2 Å². The molecule has 0 N–H and O–H groups in total. The zero-order valence-corrected chi connectivity index (χ0v) is 20.4. The molecule has 1 heterocycles. The molecule has 36 heavy (non-hydrogen) atoms. The Hall–Kier alpha value is -4.63. The Labute approximate surface area is 210 Å². The van der Waals surface area contributed by atoms with Gasteiger partial charge in [-0.05, 0) is 56.2 Å². The zero-order chi connectivity index (χ0) is 25.5. The number of rotatable bonds is 8. The van der Waals surface area contributed by atoms with Gasteiger partial charge in [0.05, 0.1) is 6.61 Å². The van der Waals surface area contributed by atoms with E-state index in [0.29, 0.717) is 23.7 Å². The number of nitriles is 1. The van der Waals surface area contributed by atoms with Gasteiger partial charge in [0.15, 0.2) is 6.61 Å². The van der Waals surface area contributed by atoms with Crippen LogP contribution in [0.25, 0.3) is 22.5 Å². The van der Waals surface area contributed by atoms with Gasteiger partial charge in [-0.2, -0.15) is 5.26 Å². The standard InChI is InChI=1S/C30H26N2O4/c1-4-34-27(33)19-35-25-15-9-22(10-16-25)18-32-30-26(17-31)28(23-11-5-20(2)6-12-23)29(36-30)24-13-7-21(3)8-14-24/h5-16,18H,4,19H2,1-3H3. The smallest absolute Gasteiger partial charge is 0.344 e. The van der Waals surface area contributed by atoms with Crippen molar-refractivity contribution in [2.75, 3.05) is 13.2 Å². The SMILES string of the molecule is CCOC(=O)COc1ccc(C=Nc2oc(-c3ccc(C)cc3)c(-c3ccc(C)cc3)c2C#N)cc1. The highest BCUT2D eigenvalue weighted by atomic mass is 16.6. The molecule has 0 unspecified atom stereocenters. The molecule has 0 atom stereocenters.